The highest BCUT2D eigenvalue weighted by atomic mass is 16.3. The predicted molar refractivity (Wildman–Crippen MR) is 68.6 cm³/mol. The second-order valence-corrected chi connectivity index (χ2v) is 5.56. The zero-order valence-corrected chi connectivity index (χ0v) is 11.3. The Balaban J connectivity index is 2.53. The molecule has 1 heterocycles. The van der Waals surface area contributed by atoms with E-state index in [0.717, 1.165) is 26.2 Å². The number of nitrogens with one attached hydrogen (secondary N) is 1. The van der Waals surface area contributed by atoms with Crippen LogP contribution in [0.2, 0.25) is 0 Å². The van der Waals surface area contributed by atoms with Gasteiger partial charge in [-0.25, -0.2) is 0 Å². The van der Waals surface area contributed by atoms with Gasteiger partial charge < -0.3 is 10.4 Å². The number of rotatable bonds is 5. The van der Waals surface area contributed by atoms with Crippen LogP contribution < -0.4 is 5.32 Å². The van der Waals surface area contributed by atoms with Crippen molar-refractivity contribution in [2.24, 2.45) is 5.92 Å². The minimum absolute atomic E-state index is 0.309. The van der Waals surface area contributed by atoms with Crippen molar-refractivity contribution in [1.29, 1.82) is 0 Å². The quantitative estimate of drug-likeness (QED) is 0.748. The fourth-order valence-corrected chi connectivity index (χ4v) is 2.26. The van der Waals surface area contributed by atoms with Crippen LogP contribution in [0.25, 0.3) is 0 Å². The number of hydrogen-bond acceptors (Lipinski definition) is 3. The van der Waals surface area contributed by atoms with Crippen molar-refractivity contribution in [2.75, 3.05) is 26.2 Å². The third kappa shape index (κ3) is 3.72. The highest BCUT2D eigenvalue weighted by molar-refractivity contribution is 4.85. The van der Waals surface area contributed by atoms with E-state index in [1.165, 1.54) is 12.8 Å². The van der Waals surface area contributed by atoms with Crippen LogP contribution in [0.15, 0.2) is 0 Å². The van der Waals surface area contributed by atoms with Crippen LogP contribution >= 0.6 is 0 Å². The molecule has 0 spiro atoms. The molecule has 16 heavy (non-hydrogen) atoms. The van der Waals surface area contributed by atoms with Gasteiger partial charge in [0.2, 0.25) is 0 Å². The van der Waals surface area contributed by atoms with E-state index in [0.29, 0.717) is 12.0 Å². The van der Waals surface area contributed by atoms with Gasteiger partial charge in [0.15, 0.2) is 0 Å². The second-order valence-electron chi connectivity index (χ2n) is 5.56. The first-order chi connectivity index (χ1) is 7.47. The van der Waals surface area contributed by atoms with Crippen LogP contribution in [-0.4, -0.2) is 47.8 Å². The lowest BCUT2D eigenvalue weighted by Gasteiger charge is -2.40. The van der Waals surface area contributed by atoms with Gasteiger partial charge in [-0.15, -0.1) is 0 Å². The summed E-state index contributed by atoms with van der Waals surface area (Å²) in [4.78, 5) is 2.45. The summed E-state index contributed by atoms with van der Waals surface area (Å²) in [6.07, 6.45) is 2.42. The monoisotopic (exact) mass is 228 g/mol. The summed E-state index contributed by atoms with van der Waals surface area (Å²) in [5, 5.41) is 13.8. The van der Waals surface area contributed by atoms with Crippen molar-refractivity contribution < 1.29 is 5.11 Å². The number of piperidine rings is 1. The van der Waals surface area contributed by atoms with E-state index in [9.17, 15) is 5.11 Å². The Kier molecular flexibility index (Phi) is 5.22. The van der Waals surface area contributed by atoms with E-state index in [1.807, 2.05) is 6.92 Å². The smallest absolute Gasteiger partial charge is 0.0768 e. The molecule has 0 aromatic carbocycles. The normalized spacial score (nSPS) is 22.7. The summed E-state index contributed by atoms with van der Waals surface area (Å²) in [6.45, 7) is 12.4. The SMILES string of the molecule is CCN(CC(C)(O)C(C)C)C1CCNCC1. The highest BCUT2D eigenvalue weighted by Crippen LogP contribution is 2.21. The van der Waals surface area contributed by atoms with Crippen molar-refractivity contribution in [1.82, 2.24) is 10.2 Å². The molecule has 2 N–H and O–H groups in total. The van der Waals surface area contributed by atoms with Gasteiger partial charge in [0.05, 0.1) is 5.60 Å². The van der Waals surface area contributed by atoms with Crippen molar-refractivity contribution in [3.8, 4) is 0 Å². The Morgan fingerprint density at radius 2 is 1.94 bits per heavy atom. The first kappa shape index (κ1) is 13.9. The van der Waals surface area contributed by atoms with E-state index in [1.54, 1.807) is 0 Å². The van der Waals surface area contributed by atoms with Crippen LogP contribution in [0, 0.1) is 5.92 Å². The molecule has 0 amide bonds. The van der Waals surface area contributed by atoms with E-state index in [2.05, 4.69) is 31.0 Å². The first-order valence-electron chi connectivity index (χ1n) is 6.64. The number of hydrogen-bond donors (Lipinski definition) is 2. The summed E-state index contributed by atoms with van der Waals surface area (Å²) >= 11 is 0. The van der Waals surface area contributed by atoms with Crippen LogP contribution in [0.1, 0.15) is 40.5 Å². The zero-order chi connectivity index (χ0) is 12.2. The Morgan fingerprint density at radius 3 is 2.38 bits per heavy atom. The number of likely N-dealkylation sites (N-methyl/N-ethyl adjacent to an activating group) is 1. The number of aliphatic hydroxyl groups is 1. The Labute approximate surface area is 100 Å². The molecule has 1 aliphatic rings. The van der Waals surface area contributed by atoms with Crippen molar-refractivity contribution in [3.63, 3.8) is 0 Å². The minimum atomic E-state index is -0.569. The first-order valence-corrected chi connectivity index (χ1v) is 6.64. The molecule has 1 atom stereocenters. The molecule has 1 rings (SSSR count). The van der Waals surface area contributed by atoms with Gasteiger partial charge in [0.25, 0.3) is 0 Å². The van der Waals surface area contributed by atoms with Gasteiger partial charge in [-0.1, -0.05) is 20.8 Å². The number of nitrogens with zero attached hydrogens (tertiary/aromatic N) is 1. The van der Waals surface area contributed by atoms with Crippen molar-refractivity contribution in [2.45, 2.75) is 52.2 Å². The van der Waals surface area contributed by atoms with Crippen LogP contribution in [0.4, 0.5) is 0 Å². The molecule has 3 heteroatoms. The molecular weight excluding hydrogens is 200 g/mol. The lowest BCUT2D eigenvalue weighted by Crippen LogP contribution is -2.51. The molecule has 0 aromatic heterocycles. The van der Waals surface area contributed by atoms with E-state index in [-0.39, 0.29) is 0 Å². The lowest BCUT2D eigenvalue weighted by molar-refractivity contribution is -0.0309. The molecule has 1 saturated heterocycles. The lowest BCUT2D eigenvalue weighted by atomic mass is 9.90. The largest absolute Gasteiger partial charge is 0.389 e. The second kappa shape index (κ2) is 5.99. The molecule has 0 aliphatic carbocycles. The molecule has 0 saturated carbocycles. The Hall–Kier alpha value is -0.120. The maximum Gasteiger partial charge on any atom is 0.0768 e. The molecule has 3 nitrogen and oxygen atoms in total. The zero-order valence-electron chi connectivity index (χ0n) is 11.3. The van der Waals surface area contributed by atoms with E-state index in [4.69, 9.17) is 0 Å². The van der Waals surface area contributed by atoms with Crippen molar-refractivity contribution in [3.05, 3.63) is 0 Å². The summed E-state index contributed by atoms with van der Waals surface area (Å²) in [6, 6.07) is 0.650. The minimum Gasteiger partial charge on any atom is -0.389 e. The molecule has 0 aromatic rings. The Morgan fingerprint density at radius 1 is 1.38 bits per heavy atom. The van der Waals surface area contributed by atoms with Crippen molar-refractivity contribution >= 4 is 0 Å². The molecular formula is C13H28N2O. The molecule has 0 bridgehead atoms. The van der Waals surface area contributed by atoms with Gasteiger partial charge in [-0.05, 0) is 45.3 Å². The Bertz CT molecular complexity index is 198. The maximum atomic E-state index is 10.4. The van der Waals surface area contributed by atoms with Gasteiger partial charge in [0, 0.05) is 12.6 Å². The maximum absolute atomic E-state index is 10.4. The average molecular weight is 228 g/mol. The summed E-state index contributed by atoms with van der Waals surface area (Å²) in [5.74, 6) is 0.309. The fourth-order valence-electron chi connectivity index (χ4n) is 2.26. The van der Waals surface area contributed by atoms with Crippen LogP contribution in [-0.2, 0) is 0 Å². The van der Waals surface area contributed by atoms with E-state index >= 15 is 0 Å². The molecule has 1 fully saturated rings. The third-order valence-corrected chi connectivity index (χ3v) is 4.00. The van der Waals surface area contributed by atoms with Gasteiger partial charge in [0.1, 0.15) is 0 Å². The van der Waals surface area contributed by atoms with Gasteiger partial charge in [-0.3, -0.25) is 4.90 Å². The average Bonchev–Trinajstić information content (AvgIpc) is 2.27. The summed E-state index contributed by atoms with van der Waals surface area (Å²) in [7, 11) is 0. The standard InChI is InChI=1S/C13H28N2O/c1-5-15(10-13(4,16)11(2)3)12-6-8-14-9-7-12/h11-12,14,16H,5-10H2,1-4H3. The summed E-state index contributed by atoms with van der Waals surface area (Å²) in [5.41, 5.74) is -0.569. The fraction of sp³-hybridized carbons (Fsp3) is 1.00. The molecule has 96 valence electrons. The topological polar surface area (TPSA) is 35.5 Å². The van der Waals surface area contributed by atoms with Gasteiger partial charge in [-0.2, -0.15) is 0 Å². The molecule has 1 aliphatic heterocycles. The van der Waals surface area contributed by atoms with Crippen LogP contribution in [0.3, 0.4) is 0 Å². The van der Waals surface area contributed by atoms with Gasteiger partial charge >= 0.3 is 0 Å². The predicted octanol–water partition coefficient (Wildman–Crippen LogP) is 1.47. The summed E-state index contributed by atoms with van der Waals surface area (Å²) < 4.78 is 0. The molecule has 0 radical (unpaired) electrons. The molecule has 1 unspecified atom stereocenters. The highest BCUT2D eigenvalue weighted by Gasteiger charge is 2.30. The van der Waals surface area contributed by atoms with E-state index < -0.39 is 5.60 Å². The van der Waals surface area contributed by atoms with Crippen LogP contribution in [0.5, 0.6) is 0 Å². The third-order valence-electron chi connectivity index (χ3n) is 4.00.